The zero-order valence-corrected chi connectivity index (χ0v) is 12.1. The Balaban J connectivity index is 3.04. The van der Waals surface area contributed by atoms with Gasteiger partial charge in [-0.05, 0) is 32.0 Å². The number of carbonyl (C=O) groups excluding carboxylic acids is 1. The largest absolute Gasteiger partial charge is 0.362 e. The molecule has 106 valence electrons. The molecular formula is C14H22N2O3. The molecule has 1 amide bonds. The van der Waals surface area contributed by atoms with Gasteiger partial charge in [-0.15, -0.1) is 0 Å². The van der Waals surface area contributed by atoms with Crippen LogP contribution >= 0.6 is 0 Å². The molecule has 0 aromatic heterocycles. The molecule has 0 aliphatic heterocycles. The fraction of sp³-hybridized carbons (Fsp3) is 0.500. The van der Waals surface area contributed by atoms with Crippen LogP contribution in [-0.2, 0) is 14.3 Å². The van der Waals surface area contributed by atoms with E-state index in [0.717, 1.165) is 11.4 Å². The Bertz CT molecular complexity index is 413. The first-order valence-electron chi connectivity index (χ1n) is 6.21. The Hall–Kier alpha value is -1.59. The number of rotatable bonds is 6. The lowest BCUT2D eigenvalue weighted by molar-refractivity contribution is -0.114. The number of anilines is 2. The van der Waals surface area contributed by atoms with E-state index < -0.39 is 0 Å². The molecule has 1 N–H and O–H groups in total. The minimum Gasteiger partial charge on any atom is -0.362 e. The lowest BCUT2D eigenvalue weighted by Gasteiger charge is -2.34. The molecule has 0 bridgehead atoms. The van der Waals surface area contributed by atoms with Crippen LogP contribution in [0, 0.1) is 0 Å². The molecule has 5 heteroatoms. The molecule has 0 fully saturated rings. The van der Waals surface area contributed by atoms with E-state index in [1.165, 1.54) is 6.92 Å². The summed E-state index contributed by atoms with van der Waals surface area (Å²) in [6.07, 6.45) is -0.273. The van der Waals surface area contributed by atoms with Crippen molar-refractivity contribution in [3.63, 3.8) is 0 Å². The van der Waals surface area contributed by atoms with Gasteiger partial charge < -0.3 is 19.7 Å². The van der Waals surface area contributed by atoms with E-state index in [-0.39, 0.29) is 18.4 Å². The molecule has 1 rings (SSSR count). The number of nitrogens with zero attached hydrogens (tertiary/aromatic N) is 1. The van der Waals surface area contributed by atoms with Gasteiger partial charge in [0.2, 0.25) is 5.91 Å². The molecule has 0 saturated carbocycles. The van der Waals surface area contributed by atoms with E-state index in [9.17, 15) is 4.79 Å². The van der Waals surface area contributed by atoms with Crippen molar-refractivity contribution in [3.8, 4) is 0 Å². The second-order valence-electron chi connectivity index (χ2n) is 4.31. The SMILES string of the molecule is COC(C)N(c1cccc(NC(C)=O)c1)C(C)OC. The monoisotopic (exact) mass is 266 g/mol. The second kappa shape index (κ2) is 7.11. The first-order valence-corrected chi connectivity index (χ1v) is 6.21. The molecule has 19 heavy (non-hydrogen) atoms. The molecule has 0 aliphatic carbocycles. The zero-order valence-electron chi connectivity index (χ0n) is 12.1. The van der Waals surface area contributed by atoms with Gasteiger partial charge in [0.15, 0.2) is 0 Å². The van der Waals surface area contributed by atoms with Crippen LogP contribution in [0.25, 0.3) is 0 Å². The summed E-state index contributed by atoms with van der Waals surface area (Å²) in [7, 11) is 3.30. The molecule has 1 aromatic carbocycles. The summed E-state index contributed by atoms with van der Waals surface area (Å²) in [6.45, 7) is 5.38. The summed E-state index contributed by atoms with van der Waals surface area (Å²) in [5.41, 5.74) is 1.68. The Labute approximate surface area is 114 Å². The smallest absolute Gasteiger partial charge is 0.221 e. The van der Waals surface area contributed by atoms with E-state index in [0.29, 0.717) is 0 Å². The van der Waals surface area contributed by atoms with Gasteiger partial charge in [-0.3, -0.25) is 4.79 Å². The van der Waals surface area contributed by atoms with Crippen molar-refractivity contribution < 1.29 is 14.3 Å². The zero-order chi connectivity index (χ0) is 14.4. The van der Waals surface area contributed by atoms with Crippen molar-refractivity contribution in [2.45, 2.75) is 33.2 Å². The van der Waals surface area contributed by atoms with Crippen LogP contribution in [0.5, 0.6) is 0 Å². The average Bonchev–Trinajstić information content (AvgIpc) is 2.38. The molecule has 2 atom stereocenters. The Morgan fingerprint density at radius 3 is 2.26 bits per heavy atom. The quantitative estimate of drug-likeness (QED) is 0.803. The summed E-state index contributed by atoms with van der Waals surface area (Å²) in [5, 5.41) is 2.77. The number of amides is 1. The maximum Gasteiger partial charge on any atom is 0.221 e. The number of benzene rings is 1. The second-order valence-corrected chi connectivity index (χ2v) is 4.31. The standard InChI is InChI=1S/C14H22N2O3/c1-10(17)15-13-7-6-8-14(9-13)16(11(2)18-4)12(3)19-5/h6-9,11-12H,1-5H3,(H,15,17). The topological polar surface area (TPSA) is 50.8 Å². The van der Waals surface area contributed by atoms with Crippen LogP contribution in [0.1, 0.15) is 20.8 Å². The molecule has 0 spiro atoms. The minimum atomic E-state index is -0.137. The number of carbonyl (C=O) groups is 1. The fourth-order valence-corrected chi connectivity index (χ4v) is 1.89. The summed E-state index contributed by atoms with van der Waals surface area (Å²) >= 11 is 0. The van der Waals surface area contributed by atoms with Crippen LogP contribution in [0.15, 0.2) is 24.3 Å². The summed E-state index contributed by atoms with van der Waals surface area (Å²) < 4.78 is 10.7. The van der Waals surface area contributed by atoms with Crippen LogP contribution in [0.3, 0.4) is 0 Å². The van der Waals surface area contributed by atoms with Crippen LogP contribution in [0.4, 0.5) is 11.4 Å². The van der Waals surface area contributed by atoms with Gasteiger partial charge in [0.1, 0.15) is 12.5 Å². The number of hydrogen-bond acceptors (Lipinski definition) is 4. The number of methoxy groups -OCH3 is 2. The van der Waals surface area contributed by atoms with Crippen molar-refractivity contribution in [3.05, 3.63) is 24.3 Å². The molecule has 2 unspecified atom stereocenters. The highest BCUT2D eigenvalue weighted by Crippen LogP contribution is 2.24. The molecule has 5 nitrogen and oxygen atoms in total. The fourth-order valence-electron chi connectivity index (χ4n) is 1.89. The molecule has 1 aromatic rings. The van der Waals surface area contributed by atoms with Gasteiger partial charge >= 0.3 is 0 Å². The highest BCUT2D eigenvalue weighted by molar-refractivity contribution is 5.89. The highest BCUT2D eigenvalue weighted by Gasteiger charge is 2.20. The van der Waals surface area contributed by atoms with Gasteiger partial charge in [0.25, 0.3) is 0 Å². The maximum absolute atomic E-state index is 11.1. The Morgan fingerprint density at radius 2 is 1.79 bits per heavy atom. The van der Waals surface area contributed by atoms with E-state index >= 15 is 0 Å². The molecular weight excluding hydrogens is 244 g/mol. The van der Waals surface area contributed by atoms with Crippen LogP contribution < -0.4 is 10.2 Å². The third-order valence-electron chi connectivity index (χ3n) is 2.93. The summed E-state index contributed by atoms with van der Waals surface area (Å²) in [5.74, 6) is -0.0942. The van der Waals surface area contributed by atoms with Gasteiger partial charge in [-0.25, -0.2) is 0 Å². The molecule has 0 heterocycles. The first-order chi connectivity index (χ1) is 8.99. The third-order valence-corrected chi connectivity index (χ3v) is 2.93. The van der Waals surface area contributed by atoms with E-state index in [4.69, 9.17) is 9.47 Å². The third kappa shape index (κ3) is 4.22. The molecule has 0 saturated heterocycles. The van der Waals surface area contributed by atoms with E-state index in [2.05, 4.69) is 5.32 Å². The van der Waals surface area contributed by atoms with E-state index in [1.54, 1.807) is 14.2 Å². The van der Waals surface area contributed by atoms with Crippen molar-refractivity contribution in [2.24, 2.45) is 0 Å². The number of nitrogens with one attached hydrogen (secondary N) is 1. The Kier molecular flexibility index (Phi) is 5.79. The van der Waals surface area contributed by atoms with E-state index in [1.807, 2.05) is 43.0 Å². The van der Waals surface area contributed by atoms with Crippen molar-refractivity contribution in [1.29, 1.82) is 0 Å². The normalized spacial score (nSPS) is 13.7. The molecule has 0 radical (unpaired) electrons. The maximum atomic E-state index is 11.1. The lowest BCUT2D eigenvalue weighted by atomic mass is 10.2. The Morgan fingerprint density at radius 1 is 1.21 bits per heavy atom. The van der Waals surface area contributed by atoms with Gasteiger partial charge in [-0.2, -0.15) is 0 Å². The molecule has 0 aliphatic rings. The van der Waals surface area contributed by atoms with Crippen molar-refractivity contribution in [2.75, 3.05) is 24.4 Å². The summed E-state index contributed by atoms with van der Waals surface area (Å²) in [4.78, 5) is 13.1. The predicted octanol–water partition coefficient (Wildman–Crippen LogP) is 2.44. The van der Waals surface area contributed by atoms with Gasteiger partial charge in [0.05, 0.1) is 0 Å². The first kappa shape index (κ1) is 15.5. The van der Waals surface area contributed by atoms with Gasteiger partial charge in [0, 0.05) is 32.5 Å². The lowest BCUT2D eigenvalue weighted by Crippen LogP contribution is -2.42. The van der Waals surface area contributed by atoms with Crippen molar-refractivity contribution >= 4 is 17.3 Å². The van der Waals surface area contributed by atoms with Crippen molar-refractivity contribution in [1.82, 2.24) is 0 Å². The number of ether oxygens (including phenoxy) is 2. The van der Waals surface area contributed by atoms with Crippen LogP contribution in [-0.4, -0.2) is 32.6 Å². The van der Waals surface area contributed by atoms with Gasteiger partial charge in [-0.1, -0.05) is 6.07 Å². The predicted molar refractivity (Wildman–Crippen MR) is 76.2 cm³/mol. The van der Waals surface area contributed by atoms with Crippen LogP contribution in [0.2, 0.25) is 0 Å². The summed E-state index contributed by atoms with van der Waals surface area (Å²) in [6, 6.07) is 7.58. The minimum absolute atomic E-state index is 0.0942. The highest BCUT2D eigenvalue weighted by atomic mass is 16.5. The average molecular weight is 266 g/mol. The number of hydrogen-bond donors (Lipinski definition) is 1.